The summed E-state index contributed by atoms with van der Waals surface area (Å²) in [6.07, 6.45) is 0.752. The molecule has 0 spiro atoms. The number of benzene rings is 1. The molecule has 1 aliphatic heterocycles. The Morgan fingerprint density at radius 1 is 1.28 bits per heavy atom. The molecule has 1 aliphatic rings. The van der Waals surface area contributed by atoms with E-state index in [1.54, 1.807) is 4.90 Å². The maximum absolute atomic E-state index is 13.5. The fourth-order valence-corrected chi connectivity index (χ4v) is 2.03. The van der Waals surface area contributed by atoms with Crippen molar-refractivity contribution < 1.29 is 14.0 Å². The first-order chi connectivity index (χ1) is 8.61. The first kappa shape index (κ1) is 12.8. The Hall–Kier alpha value is -1.62. The van der Waals surface area contributed by atoms with Crippen LogP contribution in [0, 0.1) is 5.82 Å². The Kier molecular flexibility index (Phi) is 3.81. The van der Waals surface area contributed by atoms with E-state index >= 15 is 0 Å². The Morgan fingerprint density at radius 2 is 1.94 bits per heavy atom. The van der Waals surface area contributed by atoms with Crippen molar-refractivity contribution >= 4 is 23.9 Å². The summed E-state index contributed by atoms with van der Waals surface area (Å²) in [6, 6.07) is 3.90. The van der Waals surface area contributed by atoms with E-state index in [9.17, 15) is 14.0 Å². The van der Waals surface area contributed by atoms with Gasteiger partial charge in [-0.1, -0.05) is 11.6 Å². The molecule has 0 atom stereocenters. The van der Waals surface area contributed by atoms with Crippen LogP contribution in [0.3, 0.4) is 0 Å². The average molecular weight is 271 g/mol. The van der Waals surface area contributed by atoms with Crippen molar-refractivity contribution in [3.8, 4) is 0 Å². The van der Waals surface area contributed by atoms with Crippen LogP contribution in [0.2, 0.25) is 5.02 Å². The molecule has 96 valence electrons. The van der Waals surface area contributed by atoms with E-state index in [0.717, 1.165) is 6.41 Å². The van der Waals surface area contributed by atoms with Gasteiger partial charge in [0.15, 0.2) is 0 Å². The highest BCUT2D eigenvalue weighted by Gasteiger charge is 2.23. The third-order valence-electron chi connectivity index (χ3n) is 2.91. The van der Waals surface area contributed by atoms with Crippen LogP contribution in [0.4, 0.5) is 4.39 Å². The van der Waals surface area contributed by atoms with E-state index in [4.69, 9.17) is 11.6 Å². The zero-order chi connectivity index (χ0) is 13.1. The molecule has 0 bridgehead atoms. The van der Waals surface area contributed by atoms with Crippen LogP contribution < -0.4 is 0 Å². The lowest BCUT2D eigenvalue weighted by Crippen LogP contribution is -2.48. The second-order valence-electron chi connectivity index (χ2n) is 4.06. The molecule has 2 amide bonds. The number of piperazine rings is 1. The highest BCUT2D eigenvalue weighted by atomic mass is 35.5. The molecule has 2 rings (SSSR count). The summed E-state index contributed by atoms with van der Waals surface area (Å²) in [5.74, 6) is -0.970. The number of hydrogen-bond acceptors (Lipinski definition) is 2. The number of carbonyl (C=O) groups excluding carboxylic acids is 2. The van der Waals surface area contributed by atoms with Crippen molar-refractivity contribution in [3.63, 3.8) is 0 Å². The molecule has 1 fully saturated rings. The summed E-state index contributed by atoms with van der Waals surface area (Å²) in [4.78, 5) is 25.7. The van der Waals surface area contributed by atoms with Crippen LogP contribution in [0.5, 0.6) is 0 Å². The Morgan fingerprint density at radius 3 is 2.56 bits per heavy atom. The quantitative estimate of drug-likeness (QED) is 0.762. The summed E-state index contributed by atoms with van der Waals surface area (Å²) in [6.45, 7) is 1.75. The molecule has 0 aliphatic carbocycles. The lowest BCUT2D eigenvalue weighted by Gasteiger charge is -2.32. The summed E-state index contributed by atoms with van der Waals surface area (Å²) in [5, 5.41) is 0.325. The topological polar surface area (TPSA) is 40.6 Å². The predicted octanol–water partition coefficient (Wildman–Crippen LogP) is 1.39. The van der Waals surface area contributed by atoms with Gasteiger partial charge in [0, 0.05) is 31.2 Å². The number of halogens is 2. The van der Waals surface area contributed by atoms with Crippen LogP contribution >= 0.6 is 11.6 Å². The molecule has 4 nitrogen and oxygen atoms in total. The normalized spacial score (nSPS) is 15.7. The maximum atomic E-state index is 13.5. The molecular weight excluding hydrogens is 259 g/mol. The minimum atomic E-state index is -0.581. The first-order valence-electron chi connectivity index (χ1n) is 5.55. The molecule has 1 heterocycles. The van der Waals surface area contributed by atoms with E-state index in [2.05, 4.69) is 0 Å². The van der Waals surface area contributed by atoms with Gasteiger partial charge in [0.1, 0.15) is 5.82 Å². The largest absolute Gasteiger partial charge is 0.342 e. The van der Waals surface area contributed by atoms with E-state index in [1.807, 2.05) is 0 Å². The number of rotatable bonds is 2. The van der Waals surface area contributed by atoms with E-state index < -0.39 is 5.82 Å². The molecule has 0 saturated carbocycles. The molecule has 0 radical (unpaired) electrons. The number of amides is 2. The smallest absolute Gasteiger partial charge is 0.257 e. The Balaban J connectivity index is 2.12. The lowest BCUT2D eigenvalue weighted by molar-refractivity contribution is -0.119. The van der Waals surface area contributed by atoms with Crippen molar-refractivity contribution in [1.29, 1.82) is 0 Å². The average Bonchev–Trinajstić information content (AvgIpc) is 2.41. The predicted molar refractivity (Wildman–Crippen MR) is 65.0 cm³/mol. The molecule has 1 aromatic carbocycles. The molecule has 18 heavy (non-hydrogen) atoms. The highest BCUT2D eigenvalue weighted by Crippen LogP contribution is 2.17. The van der Waals surface area contributed by atoms with Crippen molar-refractivity contribution in [3.05, 3.63) is 34.6 Å². The van der Waals surface area contributed by atoms with Crippen LogP contribution in [0.15, 0.2) is 18.2 Å². The third kappa shape index (κ3) is 2.61. The third-order valence-corrected chi connectivity index (χ3v) is 3.14. The van der Waals surface area contributed by atoms with Gasteiger partial charge in [-0.3, -0.25) is 9.59 Å². The van der Waals surface area contributed by atoms with E-state index in [1.165, 1.54) is 23.1 Å². The summed E-state index contributed by atoms with van der Waals surface area (Å²) < 4.78 is 13.5. The lowest BCUT2D eigenvalue weighted by atomic mass is 10.1. The van der Waals surface area contributed by atoms with Crippen LogP contribution in [0.25, 0.3) is 0 Å². The number of carbonyl (C=O) groups is 2. The molecule has 0 unspecified atom stereocenters. The monoisotopic (exact) mass is 270 g/mol. The van der Waals surface area contributed by atoms with Gasteiger partial charge in [-0.05, 0) is 18.2 Å². The second-order valence-corrected chi connectivity index (χ2v) is 4.49. The van der Waals surface area contributed by atoms with Gasteiger partial charge in [0.05, 0.1) is 5.56 Å². The summed E-state index contributed by atoms with van der Waals surface area (Å²) in [7, 11) is 0. The van der Waals surface area contributed by atoms with Crippen molar-refractivity contribution in [2.45, 2.75) is 0 Å². The summed E-state index contributed by atoms with van der Waals surface area (Å²) >= 11 is 5.75. The minimum absolute atomic E-state index is 0.0259. The molecule has 0 N–H and O–H groups in total. The molecule has 1 aromatic rings. The van der Waals surface area contributed by atoms with E-state index in [-0.39, 0.29) is 11.5 Å². The van der Waals surface area contributed by atoms with Gasteiger partial charge < -0.3 is 9.80 Å². The fourth-order valence-electron chi connectivity index (χ4n) is 1.86. The Bertz CT molecular complexity index is 473. The molecule has 6 heteroatoms. The van der Waals surface area contributed by atoms with Crippen LogP contribution in [-0.2, 0) is 4.79 Å². The standard InChI is InChI=1S/C12H12ClFN2O2/c13-9-1-2-11(14)10(7-9)12(18)16-5-3-15(8-17)4-6-16/h1-2,7-8H,3-6H2. The number of hydrogen-bond donors (Lipinski definition) is 0. The second kappa shape index (κ2) is 5.35. The van der Waals surface area contributed by atoms with E-state index in [0.29, 0.717) is 31.2 Å². The van der Waals surface area contributed by atoms with Gasteiger partial charge in [0.2, 0.25) is 6.41 Å². The Labute approximate surface area is 109 Å². The van der Waals surface area contributed by atoms with Crippen LogP contribution in [0.1, 0.15) is 10.4 Å². The van der Waals surface area contributed by atoms with Gasteiger partial charge >= 0.3 is 0 Å². The zero-order valence-electron chi connectivity index (χ0n) is 9.60. The van der Waals surface area contributed by atoms with Gasteiger partial charge in [0.25, 0.3) is 5.91 Å². The highest BCUT2D eigenvalue weighted by molar-refractivity contribution is 6.31. The summed E-state index contributed by atoms with van der Waals surface area (Å²) in [5.41, 5.74) is -0.0259. The van der Waals surface area contributed by atoms with Gasteiger partial charge in [-0.25, -0.2) is 4.39 Å². The SMILES string of the molecule is O=CN1CCN(C(=O)c2cc(Cl)ccc2F)CC1. The van der Waals surface area contributed by atoms with Gasteiger partial charge in [-0.2, -0.15) is 0 Å². The van der Waals surface area contributed by atoms with Gasteiger partial charge in [-0.15, -0.1) is 0 Å². The fraction of sp³-hybridized carbons (Fsp3) is 0.333. The zero-order valence-corrected chi connectivity index (χ0v) is 10.4. The molecule has 0 aromatic heterocycles. The van der Waals surface area contributed by atoms with Crippen molar-refractivity contribution in [2.75, 3.05) is 26.2 Å². The van der Waals surface area contributed by atoms with Crippen molar-refractivity contribution in [1.82, 2.24) is 9.80 Å². The number of nitrogens with zero attached hydrogens (tertiary/aromatic N) is 2. The minimum Gasteiger partial charge on any atom is -0.342 e. The maximum Gasteiger partial charge on any atom is 0.257 e. The molecule has 1 saturated heterocycles. The van der Waals surface area contributed by atoms with Crippen LogP contribution in [-0.4, -0.2) is 48.3 Å². The first-order valence-corrected chi connectivity index (χ1v) is 5.93. The molecular formula is C12H12ClFN2O2. The van der Waals surface area contributed by atoms with Crippen molar-refractivity contribution in [2.24, 2.45) is 0 Å².